The summed E-state index contributed by atoms with van der Waals surface area (Å²) < 4.78 is 0. The highest BCUT2D eigenvalue weighted by Crippen LogP contribution is 2.15. The second kappa shape index (κ2) is 4.77. The Hall–Kier alpha value is -1.90. The molecule has 94 valence electrons. The first kappa shape index (κ1) is 12.6. The van der Waals surface area contributed by atoms with Crippen LogP contribution in [0, 0.1) is 27.7 Å². The molecule has 0 saturated heterocycles. The van der Waals surface area contributed by atoms with Gasteiger partial charge in [-0.05, 0) is 33.3 Å². The van der Waals surface area contributed by atoms with Crippen molar-refractivity contribution in [3.05, 3.63) is 52.0 Å². The third-order valence-electron chi connectivity index (χ3n) is 3.12. The zero-order valence-electron chi connectivity index (χ0n) is 11.4. The number of aryl methyl sites for hydroxylation is 3. The summed E-state index contributed by atoms with van der Waals surface area (Å²) in [4.78, 5) is 8.85. The first-order valence-corrected chi connectivity index (χ1v) is 6.12. The van der Waals surface area contributed by atoms with E-state index >= 15 is 0 Å². The Morgan fingerprint density at radius 1 is 0.944 bits per heavy atom. The van der Waals surface area contributed by atoms with Gasteiger partial charge in [-0.25, -0.2) is 9.97 Å². The lowest BCUT2D eigenvalue weighted by atomic mass is 10.0. The van der Waals surface area contributed by atoms with Crippen LogP contribution in [0.5, 0.6) is 0 Å². The van der Waals surface area contributed by atoms with Gasteiger partial charge in [0.2, 0.25) is 0 Å². The molecule has 0 aliphatic carbocycles. The minimum atomic E-state index is 0.585. The fourth-order valence-electron chi connectivity index (χ4n) is 2.14. The summed E-state index contributed by atoms with van der Waals surface area (Å²) in [5.74, 6) is 1.38. The molecule has 3 nitrogen and oxygen atoms in total. The number of nitrogens with zero attached hydrogens (tertiary/aromatic N) is 2. The molecule has 2 aromatic rings. The number of rotatable bonds is 2. The van der Waals surface area contributed by atoms with Crippen molar-refractivity contribution in [1.29, 1.82) is 0 Å². The summed E-state index contributed by atoms with van der Waals surface area (Å²) in [6.45, 7) is 8.13. The molecule has 2 N–H and O–H groups in total. The van der Waals surface area contributed by atoms with Crippen molar-refractivity contribution in [2.45, 2.75) is 34.1 Å². The van der Waals surface area contributed by atoms with E-state index in [1.165, 1.54) is 16.7 Å². The number of nitrogens with two attached hydrogens (primary N) is 1. The van der Waals surface area contributed by atoms with Crippen LogP contribution in [0.2, 0.25) is 0 Å². The summed E-state index contributed by atoms with van der Waals surface area (Å²) in [5, 5.41) is 0. The number of nitrogen functional groups attached to an aromatic ring is 1. The zero-order chi connectivity index (χ0) is 13.3. The van der Waals surface area contributed by atoms with Gasteiger partial charge in [0.15, 0.2) is 0 Å². The predicted molar refractivity (Wildman–Crippen MR) is 74.6 cm³/mol. The summed E-state index contributed by atoms with van der Waals surface area (Å²) in [6, 6.07) is 6.50. The smallest absolute Gasteiger partial charge is 0.135 e. The third kappa shape index (κ3) is 2.67. The number of anilines is 1. The van der Waals surface area contributed by atoms with Crippen LogP contribution in [-0.2, 0) is 6.42 Å². The second-order valence-electron chi connectivity index (χ2n) is 4.91. The van der Waals surface area contributed by atoms with Crippen molar-refractivity contribution in [2.24, 2.45) is 0 Å². The van der Waals surface area contributed by atoms with Crippen molar-refractivity contribution in [3.8, 4) is 0 Å². The van der Waals surface area contributed by atoms with E-state index in [0.29, 0.717) is 5.82 Å². The zero-order valence-corrected chi connectivity index (χ0v) is 11.4. The van der Waals surface area contributed by atoms with Crippen molar-refractivity contribution >= 4 is 5.82 Å². The van der Waals surface area contributed by atoms with Crippen molar-refractivity contribution < 1.29 is 0 Å². The van der Waals surface area contributed by atoms with Crippen LogP contribution < -0.4 is 5.73 Å². The summed E-state index contributed by atoms with van der Waals surface area (Å²) in [6.07, 6.45) is 0.730. The van der Waals surface area contributed by atoms with Gasteiger partial charge >= 0.3 is 0 Å². The Morgan fingerprint density at radius 3 is 2.11 bits per heavy atom. The van der Waals surface area contributed by atoms with Gasteiger partial charge in [0, 0.05) is 17.7 Å². The van der Waals surface area contributed by atoms with Gasteiger partial charge in [-0.15, -0.1) is 0 Å². The molecule has 3 heteroatoms. The highest BCUT2D eigenvalue weighted by molar-refractivity contribution is 5.41. The quantitative estimate of drug-likeness (QED) is 0.879. The van der Waals surface area contributed by atoms with Gasteiger partial charge < -0.3 is 5.73 Å². The molecule has 1 heterocycles. The predicted octanol–water partition coefficient (Wildman–Crippen LogP) is 2.88. The molecule has 1 aromatic carbocycles. The van der Waals surface area contributed by atoms with Crippen LogP contribution >= 0.6 is 0 Å². The Balaban J connectivity index is 2.34. The van der Waals surface area contributed by atoms with E-state index in [1.54, 1.807) is 0 Å². The molecule has 0 aliphatic rings. The van der Waals surface area contributed by atoms with Gasteiger partial charge in [0.25, 0.3) is 0 Å². The average Bonchev–Trinajstić information content (AvgIpc) is 2.24. The molecule has 0 fully saturated rings. The largest absolute Gasteiger partial charge is 0.383 e. The van der Waals surface area contributed by atoms with Gasteiger partial charge in [-0.1, -0.05) is 29.3 Å². The molecule has 0 bridgehead atoms. The Bertz CT molecular complexity index is 545. The second-order valence-corrected chi connectivity index (χ2v) is 4.91. The van der Waals surface area contributed by atoms with E-state index in [2.05, 4.69) is 42.0 Å². The lowest BCUT2D eigenvalue weighted by Crippen LogP contribution is -2.05. The Labute approximate surface area is 108 Å². The molecule has 0 unspecified atom stereocenters. The van der Waals surface area contributed by atoms with Crippen LogP contribution in [0.1, 0.15) is 33.8 Å². The molecule has 0 aliphatic heterocycles. The number of hydrogen-bond donors (Lipinski definition) is 1. The van der Waals surface area contributed by atoms with Gasteiger partial charge in [0.1, 0.15) is 11.6 Å². The van der Waals surface area contributed by atoms with Gasteiger partial charge in [-0.3, -0.25) is 0 Å². The number of hydrogen-bond acceptors (Lipinski definition) is 3. The van der Waals surface area contributed by atoms with E-state index in [4.69, 9.17) is 5.73 Å². The maximum atomic E-state index is 5.88. The fraction of sp³-hybridized carbons (Fsp3) is 0.333. The molecular formula is C15H19N3. The monoisotopic (exact) mass is 241 g/mol. The van der Waals surface area contributed by atoms with Crippen LogP contribution in [0.3, 0.4) is 0 Å². The molecular weight excluding hydrogens is 222 g/mol. The molecule has 2 rings (SSSR count). The minimum absolute atomic E-state index is 0.585. The van der Waals surface area contributed by atoms with Crippen LogP contribution in [-0.4, -0.2) is 9.97 Å². The maximum absolute atomic E-state index is 5.88. The summed E-state index contributed by atoms with van der Waals surface area (Å²) in [7, 11) is 0. The van der Waals surface area contributed by atoms with E-state index < -0.39 is 0 Å². The normalized spacial score (nSPS) is 10.7. The van der Waals surface area contributed by atoms with E-state index in [9.17, 15) is 0 Å². The van der Waals surface area contributed by atoms with Crippen LogP contribution in [0.15, 0.2) is 18.2 Å². The van der Waals surface area contributed by atoms with Crippen molar-refractivity contribution in [3.63, 3.8) is 0 Å². The Kier molecular flexibility index (Phi) is 3.32. The first-order valence-electron chi connectivity index (χ1n) is 6.12. The number of benzene rings is 1. The highest BCUT2D eigenvalue weighted by Gasteiger charge is 2.06. The van der Waals surface area contributed by atoms with Crippen LogP contribution in [0.25, 0.3) is 0 Å². The molecule has 0 atom stereocenters. The van der Waals surface area contributed by atoms with Crippen LogP contribution in [0.4, 0.5) is 5.82 Å². The van der Waals surface area contributed by atoms with E-state index in [0.717, 1.165) is 23.5 Å². The van der Waals surface area contributed by atoms with Crippen molar-refractivity contribution in [2.75, 3.05) is 5.73 Å². The van der Waals surface area contributed by atoms with E-state index in [-0.39, 0.29) is 0 Å². The highest BCUT2D eigenvalue weighted by atomic mass is 14.9. The Morgan fingerprint density at radius 2 is 1.56 bits per heavy atom. The average molecular weight is 241 g/mol. The van der Waals surface area contributed by atoms with Crippen molar-refractivity contribution in [1.82, 2.24) is 9.97 Å². The molecule has 18 heavy (non-hydrogen) atoms. The first-order chi connectivity index (χ1) is 8.45. The van der Waals surface area contributed by atoms with E-state index in [1.807, 2.05) is 13.8 Å². The molecule has 0 radical (unpaired) electrons. The SMILES string of the molecule is Cc1cc(C)cc(Cc2nc(C)c(C)c(N)n2)c1. The molecule has 0 saturated carbocycles. The lowest BCUT2D eigenvalue weighted by molar-refractivity contribution is 0.932. The molecule has 0 amide bonds. The number of aromatic nitrogens is 2. The fourth-order valence-corrected chi connectivity index (χ4v) is 2.14. The van der Waals surface area contributed by atoms with Gasteiger partial charge in [-0.2, -0.15) is 0 Å². The maximum Gasteiger partial charge on any atom is 0.135 e. The minimum Gasteiger partial charge on any atom is -0.383 e. The van der Waals surface area contributed by atoms with Gasteiger partial charge in [0.05, 0.1) is 0 Å². The summed E-state index contributed by atoms with van der Waals surface area (Å²) in [5.41, 5.74) is 11.6. The standard InChI is InChI=1S/C15H19N3/c1-9-5-10(2)7-13(6-9)8-14-17-12(4)11(3)15(16)18-14/h5-7H,8H2,1-4H3,(H2,16,17,18). The lowest BCUT2D eigenvalue weighted by Gasteiger charge is -2.08. The summed E-state index contributed by atoms with van der Waals surface area (Å²) >= 11 is 0. The molecule has 1 aromatic heterocycles. The third-order valence-corrected chi connectivity index (χ3v) is 3.12. The topological polar surface area (TPSA) is 51.8 Å². The molecule has 0 spiro atoms.